The molecule has 0 atom stereocenters. The maximum atomic E-state index is 11.5. The first-order valence-corrected chi connectivity index (χ1v) is 7.64. The summed E-state index contributed by atoms with van der Waals surface area (Å²) in [5.41, 5.74) is 1.17. The molecule has 1 aliphatic rings. The van der Waals surface area contributed by atoms with Gasteiger partial charge in [0.1, 0.15) is 5.01 Å². The van der Waals surface area contributed by atoms with E-state index in [1.54, 1.807) is 13.1 Å². The van der Waals surface area contributed by atoms with Crippen molar-refractivity contribution in [2.24, 2.45) is 0 Å². The Bertz CT molecular complexity index is 600. The van der Waals surface area contributed by atoms with Crippen molar-refractivity contribution in [2.75, 3.05) is 13.2 Å². The van der Waals surface area contributed by atoms with E-state index >= 15 is 0 Å². The molecule has 20 heavy (non-hydrogen) atoms. The van der Waals surface area contributed by atoms with Gasteiger partial charge in [-0.15, -0.1) is 11.3 Å². The van der Waals surface area contributed by atoms with E-state index < -0.39 is 0 Å². The van der Waals surface area contributed by atoms with Crippen LogP contribution in [0.5, 0.6) is 0 Å². The molecule has 0 saturated carbocycles. The number of benzene rings is 1. The summed E-state index contributed by atoms with van der Waals surface area (Å²) >= 11 is 1.52. The molecule has 0 N–H and O–H groups in total. The molecular weight excluding hydrogens is 270 g/mol. The second-order valence-corrected chi connectivity index (χ2v) is 6.18. The van der Waals surface area contributed by atoms with Crippen LogP contribution >= 0.6 is 11.3 Å². The smallest absolute Gasteiger partial charge is 0.171 e. The van der Waals surface area contributed by atoms with E-state index in [0.29, 0.717) is 0 Å². The van der Waals surface area contributed by atoms with E-state index in [1.165, 1.54) is 16.9 Å². The number of aromatic nitrogens is 1. The number of thiazole rings is 1. The largest absolute Gasteiger partial charge is 0.381 e. The average molecular weight is 287 g/mol. The molecule has 4 heteroatoms. The first-order chi connectivity index (χ1) is 9.72. The summed E-state index contributed by atoms with van der Waals surface area (Å²) in [7, 11) is 0. The molecule has 1 aromatic carbocycles. The standard InChI is InChI=1S/C16H17NO2S/c1-12(18)14-11-17-15(20-14)16(7-9-19-10-8-16)13-5-3-2-4-6-13/h2-6,11H,7-10H2,1H3. The number of carbonyl (C=O) groups excluding carboxylic acids is 1. The number of hydrogen-bond donors (Lipinski definition) is 0. The lowest BCUT2D eigenvalue weighted by Crippen LogP contribution is -2.34. The van der Waals surface area contributed by atoms with Crippen molar-refractivity contribution in [1.82, 2.24) is 4.98 Å². The molecule has 0 unspecified atom stereocenters. The van der Waals surface area contributed by atoms with Crippen molar-refractivity contribution in [3.05, 3.63) is 52.0 Å². The summed E-state index contributed by atoms with van der Waals surface area (Å²) in [6.45, 7) is 3.07. The van der Waals surface area contributed by atoms with Crippen LogP contribution in [0.1, 0.15) is 40.0 Å². The van der Waals surface area contributed by atoms with Gasteiger partial charge in [-0.05, 0) is 18.4 Å². The normalized spacial score (nSPS) is 17.9. The Morgan fingerprint density at radius 1 is 1.25 bits per heavy atom. The van der Waals surface area contributed by atoms with Crippen molar-refractivity contribution >= 4 is 17.1 Å². The summed E-state index contributed by atoms with van der Waals surface area (Å²) < 4.78 is 5.53. The molecular formula is C16H17NO2S. The summed E-state index contributed by atoms with van der Waals surface area (Å²) in [4.78, 5) is 16.8. The van der Waals surface area contributed by atoms with Crippen LogP contribution in [0.15, 0.2) is 36.5 Å². The minimum atomic E-state index is -0.0993. The van der Waals surface area contributed by atoms with Crippen LogP contribution in [0.2, 0.25) is 0 Å². The van der Waals surface area contributed by atoms with Gasteiger partial charge in [-0.25, -0.2) is 4.98 Å². The van der Waals surface area contributed by atoms with Crippen molar-refractivity contribution in [3.8, 4) is 0 Å². The molecule has 3 nitrogen and oxygen atoms in total. The Morgan fingerprint density at radius 2 is 1.95 bits per heavy atom. The topological polar surface area (TPSA) is 39.2 Å². The highest BCUT2D eigenvalue weighted by Crippen LogP contribution is 2.42. The van der Waals surface area contributed by atoms with Crippen molar-refractivity contribution in [2.45, 2.75) is 25.2 Å². The van der Waals surface area contributed by atoms with Crippen LogP contribution in [0.25, 0.3) is 0 Å². The molecule has 3 rings (SSSR count). The molecule has 0 bridgehead atoms. The van der Waals surface area contributed by atoms with Gasteiger partial charge in [0.05, 0.1) is 10.3 Å². The van der Waals surface area contributed by atoms with Crippen LogP contribution < -0.4 is 0 Å². The molecule has 0 spiro atoms. The fourth-order valence-corrected chi connectivity index (χ4v) is 3.84. The third kappa shape index (κ3) is 2.30. The molecule has 104 valence electrons. The number of rotatable bonds is 3. The van der Waals surface area contributed by atoms with Gasteiger partial charge < -0.3 is 4.74 Å². The van der Waals surface area contributed by atoms with Crippen molar-refractivity contribution in [1.29, 1.82) is 0 Å². The number of nitrogens with zero attached hydrogens (tertiary/aromatic N) is 1. The molecule has 1 saturated heterocycles. The van der Waals surface area contributed by atoms with Gasteiger partial charge in [0, 0.05) is 26.3 Å². The predicted octanol–water partition coefficient (Wildman–Crippen LogP) is 3.44. The Morgan fingerprint density at radius 3 is 2.55 bits per heavy atom. The highest BCUT2D eigenvalue weighted by molar-refractivity contribution is 7.13. The van der Waals surface area contributed by atoms with Crippen LogP contribution in [-0.2, 0) is 10.2 Å². The monoisotopic (exact) mass is 287 g/mol. The molecule has 0 amide bonds. The Hall–Kier alpha value is -1.52. The molecule has 2 heterocycles. The number of ketones is 1. The first kappa shape index (κ1) is 13.5. The van der Waals surface area contributed by atoms with Gasteiger partial charge in [0.25, 0.3) is 0 Å². The minimum Gasteiger partial charge on any atom is -0.381 e. The summed E-state index contributed by atoms with van der Waals surface area (Å²) in [6, 6.07) is 10.5. The third-order valence-corrected chi connectivity index (χ3v) is 5.24. The fraction of sp³-hybridized carbons (Fsp3) is 0.375. The van der Waals surface area contributed by atoms with Crippen LogP contribution in [-0.4, -0.2) is 24.0 Å². The van der Waals surface area contributed by atoms with Gasteiger partial charge in [-0.2, -0.15) is 0 Å². The number of ether oxygens (including phenoxy) is 1. The highest BCUT2D eigenvalue weighted by Gasteiger charge is 2.39. The average Bonchev–Trinajstić information content (AvgIpc) is 2.99. The van der Waals surface area contributed by atoms with Gasteiger partial charge in [0.15, 0.2) is 5.78 Å². The maximum absolute atomic E-state index is 11.5. The second-order valence-electron chi connectivity index (χ2n) is 5.15. The van der Waals surface area contributed by atoms with Crippen LogP contribution in [0, 0.1) is 0 Å². The minimum absolute atomic E-state index is 0.0871. The van der Waals surface area contributed by atoms with Gasteiger partial charge >= 0.3 is 0 Å². The summed E-state index contributed by atoms with van der Waals surface area (Å²) in [5.74, 6) is 0.0871. The zero-order valence-electron chi connectivity index (χ0n) is 11.5. The molecule has 1 aliphatic heterocycles. The third-order valence-electron chi connectivity index (χ3n) is 3.93. The van der Waals surface area contributed by atoms with Gasteiger partial charge in [-0.1, -0.05) is 30.3 Å². The van der Waals surface area contributed by atoms with Crippen LogP contribution in [0.3, 0.4) is 0 Å². The van der Waals surface area contributed by atoms with E-state index in [-0.39, 0.29) is 11.2 Å². The lowest BCUT2D eigenvalue weighted by molar-refractivity contribution is 0.0630. The Balaban J connectivity index is 2.07. The van der Waals surface area contributed by atoms with Gasteiger partial charge in [-0.3, -0.25) is 4.79 Å². The SMILES string of the molecule is CC(=O)c1cnc(C2(c3ccccc3)CCOCC2)s1. The molecule has 2 aromatic rings. The van der Waals surface area contributed by atoms with E-state index in [9.17, 15) is 4.79 Å². The fourth-order valence-electron chi connectivity index (χ4n) is 2.76. The highest BCUT2D eigenvalue weighted by atomic mass is 32.1. The maximum Gasteiger partial charge on any atom is 0.171 e. The van der Waals surface area contributed by atoms with E-state index in [1.807, 2.05) is 6.07 Å². The molecule has 1 fully saturated rings. The Kier molecular flexibility index (Phi) is 3.68. The number of hydrogen-bond acceptors (Lipinski definition) is 4. The number of carbonyl (C=O) groups is 1. The van der Waals surface area contributed by atoms with E-state index in [2.05, 4.69) is 29.2 Å². The summed E-state index contributed by atoms with van der Waals surface area (Å²) in [5, 5.41) is 1.04. The van der Waals surface area contributed by atoms with Gasteiger partial charge in [0.2, 0.25) is 0 Å². The van der Waals surface area contributed by atoms with Crippen molar-refractivity contribution in [3.63, 3.8) is 0 Å². The Labute approximate surface area is 122 Å². The molecule has 0 aliphatic carbocycles. The second kappa shape index (κ2) is 5.46. The van der Waals surface area contributed by atoms with Crippen molar-refractivity contribution < 1.29 is 9.53 Å². The molecule has 1 aromatic heterocycles. The zero-order valence-corrected chi connectivity index (χ0v) is 12.3. The summed E-state index contributed by atoms with van der Waals surface area (Å²) in [6.07, 6.45) is 3.55. The van der Waals surface area contributed by atoms with E-state index in [0.717, 1.165) is 35.9 Å². The van der Waals surface area contributed by atoms with E-state index in [4.69, 9.17) is 4.74 Å². The predicted molar refractivity (Wildman–Crippen MR) is 79.4 cm³/mol. The molecule has 0 radical (unpaired) electrons. The zero-order chi connectivity index (χ0) is 14.0. The number of Topliss-reactive ketones (excluding diaryl/α,β-unsaturated/α-hetero) is 1. The lowest BCUT2D eigenvalue weighted by atomic mass is 9.75. The lowest BCUT2D eigenvalue weighted by Gasteiger charge is -2.36. The van der Waals surface area contributed by atoms with Crippen LogP contribution in [0.4, 0.5) is 0 Å². The quantitative estimate of drug-likeness (QED) is 0.812. The first-order valence-electron chi connectivity index (χ1n) is 6.83.